The monoisotopic (exact) mass is 592 g/mol. The molecule has 0 aliphatic carbocycles. The third-order valence-electron chi connectivity index (χ3n) is 6.83. The number of ether oxygens (including phenoxy) is 5. The second kappa shape index (κ2) is 14.0. The maximum absolute atomic E-state index is 13.4. The summed E-state index contributed by atoms with van der Waals surface area (Å²) in [5.41, 5.74) is 1.51. The maximum atomic E-state index is 13.4. The smallest absolute Gasteiger partial charge is 0.408 e. The molecule has 2 aromatic carbocycles. The quantitative estimate of drug-likeness (QED) is 0.273. The Bertz CT molecular complexity index is 1280. The second-order valence-electron chi connectivity index (χ2n) is 9.79. The van der Waals surface area contributed by atoms with Gasteiger partial charge in [-0.15, -0.1) is 0 Å². The highest BCUT2D eigenvalue weighted by molar-refractivity contribution is 7.85. The fraction of sp³-hybridized carbons (Fsp3) is 0.500. The summed E-state index contributed by atoms with van der Waals surface area (Å²) in [5, 5.41) is 2.64. The lowest BCUT2D eigenvalue weighted by atomic mass is 9.89. The molecule has 2 amide bonds. The van der Waals surface area contributed by atoms with Crippen molar-refractivity contribution in [2.24, 2.45) is 0 Å². The van der Waals surface area contributed by atoms with Crippen molar-refractivity contribution in [3.05, 3.63) is 59.7 Å². The number of benzene rings is 2. The molecule has 2 saturated heterocycles. The molecule has 0 aromatic heterocycles. The summed E-state index contributed by atoms with van der Waals surface area (Å²) >= 11 is 0. The van der Waals surface area contributed by atoms with E-state index >= 15 is 0 Å². The molecule has 41 heavy (non-hydrogen) atoms. The van der Waals surface area contributed by atoms with Crippen LogP contribution in [-0.2, 0) is 46.5 Å². The zero-order valence-corrected chi connectivity index (χ0v) is 24.1. The number of amides is 2. The Kier molecular flexibility index (Phi) is 10.4. The molecule has 0 spiro atoms. The molecule has 224 valence electrons. The van der Waals surface area contributed by atoms with Gasteiger partial charge >= 0.3 is 6.09 Å². The van der Waals surface area contributed by atoms with E-state index < -0.39 is 40.7 Å². The number of alkyl carbamates (subject to hydrolysis) is 1. The van der Waals surface area contributed by atoms with Crippen molar-refractivity contribution in [2.45, 2.75) is 56.9 Å². The van der Waals surface area contributed by atoms with E-state index in [1.165, 1.54) is 19.1 Å². The van der Waals surface area contributed by atoms with Crippen LogP contribution in [0.25, 0.3) is 0 Å². The molecule has 2 aliphatic rings. The van der Waals surface area contributed by atoms with E-state index in [9.17, 15) is 18.0 Å². The minimum atomic E-state index is -3.83. The molecule has 4 rings (SSSR count). The first kappa shape index (κ1) is 30.6. The molecular weight excluding hydrogens is 556 g/mol. The topological polar surface area (TPSA) is 139 Å². The molecule has 0 radical (unpaired) electrons. The summed E-state index contributed by atoms with van der Waals surface area (Å²) in [6, 6.07) is 12.5. The van der Waals surface area contributed by atoms with Crippen LogP contribution < -0.4 is 14.8 Å². The summed E-state index contributed by atoms with van der Waals surface area (Å²) in [6.45, 7) is 0.263. The van der Waals surface area contributed by atoms with Crippen LogP contribution >= 0.6 is 0 Å². The number of β-lactam (4-membered cyclic amide) rings is 1. The van der Waals surface area contributed by atoms with Gasteiger partial charge in [0.1, 0.15) is 18.8 Å². The van der Waals surface area contributed by atoms with Crippen molar-refractivity contribution < 1.29 is 45.9 Å². The first-order chi connectivity index (χ1) is 19.7. The number of hydrogen-bond donors (Lipinski definition) is 1. The maximum Gasteiger partial charge on any atom is 0.408 e. The van der Waals surface area contributed by atoms with Crippen molar-refractivity contribution in [3.8, 4) is 11.5 Å². The molecule has 0 unspecified atom stereocenters. The largest absolute Gasteiger partial charge is 0.493 e. The SMILES string of the molecule is COc1ccc(CN2C(=O)[C@@H](NC(=O)OCc3ccccc3)[C@H]2[C@H](COS(C)(=O)=O)O[C@@H]2CCCCO2)cc1OC. The van der Waals surface area contributed by atoms with Crippen molar-refractivity contribution in [1.29, 1.82) is 0 Å². The van der Waals surface area contributed by atoms with Gasteiger partial charge in [0.25, 0.3) is 10.1 Å². The molecule has 2 aromatic rings. The van der Waals surface area contributed by atoms with Crippen LogP contribution in [0.3, 0.4) is 0 Å². The predicted molar refractivity (Wildman–Crippen MR) is 147 cm³/mol. The Morgan fingerprint density at radius 3 is 2.49 bits per heavy atom. The summed E-state index contributed by atoms with van der Waals surface area (Å²) in [7, 11) is -0.796. The number of carbonyl (C=O) groups excluding carboxylic acids is 2. The molecule has 0 bridgehead atoms. The highest BCUT2D eigenvalue weighted by Gasteiger charge is 2.53. The minimum absolute atomic E-state index is 0.0145. The Morgan fingerprint density at radius 1 is 1.07 bits per heavy atom. The van der Waals surface area contributed by atoms with E-state index in [1.807, 2.05) is 30.3 Å². The van der Waals surface area contributed by atoms with E-state index in [4.69, 9.17) is 27.9 Å². The van der Waals surface area contributed by atoms with E-state index in [0.717, 1.165) is 30.2 Å². The molecule has 2 aliphatic heterocycles. The summed E-state index contributed by atoms with van der Waals surface area (Å²) in [4.78, 5) is 27.7. The molecule has 0 saturated carbocycles. The van der Waals surface area contributed by atoms with Crippen molar-refractivity contribution in [1.82, 2.24) is 10.2 Å². The van der Waals surface area contributed by atoms with Crippen LogP contribution in [0.15, 0.2) is 48.5 Å². The Morgan fingerprint density at radius 2 is 1.83 bits per heavy atom. The third-order valence-corrected chi connectivity index (χ3v) is 7.39. The number of likely N-dealkylation sites (tertiary alicyclic amines) is 1. The van der Waals surface area contributed by atoms with Crippen LogP contribution in [-0.4, -0.2) is 83.5 Å². The average molecular weight is 593 g/mol. The van der Waals surface area contributed by atoms with Crippen molar-refractivity contribution in [3.63, 3.8) is 0 Å². The van der Waals surface area contributed by atoms with Gasteiger partial charge in [-0.25, -0.2) is 4.79 Å². The zero-order chi connectivity index (χ0) is 29.4. The molecule has 1 N–H and O–H groups in total. The molecule has 2 fully saturated rings. The number of carbonyl (C=O) groups is 2. The van der Waals surface area contributed by atoms with Crippen LogP contribution in [0, 0.1) is 0 Å². The number of nitrogens with one attached hydrogen (secondary N) is 1. The van der Waals surface area contributed by atoms with Crippen LogP contribution in [0.5, 0.6) is 11.5 Å². The van der Waals surface area contributed by atoms with Crippen LogP contribution in [0.4, 0.5) is 4.79 Å². The summed E-state index contributed by atoms with van der Waals surface area (Å²) in [5.74, 6) is 0.622. The van der Waals surface area contributed by atoms with Gasteiger partial charge in [0.2, 0.25) is 5.91 Å². The van der Waals surface area contributed by atoms with Crippen LogP contribution in [0.2, 0.25) is 0 Å². The molecular formula is C28H36N2O10S. The fourth-order valence-electron chi connectivity index (χ4n) is 4.81. The summed E-state index contributed by atoms with van der Waals surface area (Å²) < 4.78 is 56.9. The predicted octanol–water partition coefficient (Wildman–Crippen LogP) is 2.60. The Balaban J connectivity index is 1.56. The molecule has 2 heterocycles. The number of nitrogens with zero attached hydrogens (tertiary/aromatic N) is 1. The third kappa shape index (κ3) is 8.32. The molecule has 13 heteroatoms. The molecule has 4 atom stereocenters. The lowest BCUT2D eigenvalue weighted by Gasteiger charge is -2.50. The first-order valence-electron chi connectivity index (χ1n) is 13.3. The van der Waals surface area contributed by atoms with Gasteiger partial charge in [-0.1, -0.05) is 36.4 Å². The lowest BCUT2D eigenvalue weighted by molar-refractivity contribution is -0.219. The highest BCUT2D eigenvalue weighted by atomic mass is 32.2. The average Bonchev–Trinajstić information content (AvgIpc) is 2.98. The number of methoxy groups -OCH3 is 2. The Hall–Kier alpha value is -3.39. The second-order valence-corrected chi connectivity index (χ2v) is 11.4. The standard InChI is InChI=1S/C28H36N2O10S/c1-35-21-13-12-20(15-22(21)36-2)16-30-26(23(18-39-41(3,33)34)40-24-11-7-8-14-37-24)25(27(30)31)29-28(32)38-17-19-9-5-4-6-10-19/h4-6,9-10,12-13,15,23-26H,7-8,11,14,16-18H2,1-3H3,(H,29,32)/t23-,24+,25-,26+/m0/s1. The van der Waals surface area contributed by atoms with Gasteiger partial charge in [-0.05, 0) is 42.5 Å². The van der Waals surface area contributed by atoms with Gasteiger partial charge < -0.3 is 33.9 Å². The lowest BCUT2D eigenvalue weighted by Crippen LogP contribution is -2.74. The highest BCUT2D eigenvalue weighted by Crippen LogP contribution is 2.33. The number of rotatable bonds is 13. The molecule has 12 nitrogen and oxygen atoms in total. The zero-order valence-electron chi connectivity index (χ0n) is 23.3. The van der Waals surface area contributed by atoms with E-state index in [1.54, 1.807) is 18.2 Å². The van der Waals surface area contributed by atoms with Gasteiger partial charge in [0, 0.05) is 13.2 Å². The minimum Gasteiger partial charge on any atom is -0.493 e. The number of hydrogen-bond acceptors (Lipinski definition) is 10. The van der Waals surface area contributed by atoms with Crippen LogP contribution in [0.1, 0.15) is 30.4 Å². The van der Waals surface area contributed by atoms with Gasteiger partial charge in [0.15, 0.2) is 17.8 Å². The van der Waals surface area contributed by atoms with E-state index in [-0.39, 0.29) is 25.7 Å². The Labute approximate surface area is 239 Å². The first-order valence-corrected chi connectivity index (χ1v) is 15.1. The fourth-order valence-corrected chi connectivity index (χ4v) is 5.19. The van der Waals surface area contributed by atoms with Gasteiger partial charge in [-0.3, -0.25) is 8.98 Å². The van der Waals surface area contributed by atoms with Gasteiger partial charge in [-0.2, -0.15) is 8.42 Å². The normalized spacial score (nSPS) is 21.5. The summed E-state index contributed by atoms with van der Waals surface area (Å²) in [6.07, 6.45) is 0.950. The van der Waals surface area contributed by atoms with Crippen molar-refractivity contribution >= 4 is 22.1 Å². The van der Waals surface area contributed by atoms with Gasteiger partial charge in [0.05, 0.1) is 33.1 Å². The van der Waals surface area contributed by atoms with Crippen molar-refractivity contribution in [2.75, 3.05) is 33.7 Å². The van der Waals surface area contributed by atoms with E-state index in [0.29, 0.717) is 24.5 Å². The van der Waals surface area contributed by atoms with E-state index in [2.05, 4.69) is 5.32 Å².